The molecule has 19 heavy (non-hydrogen) atoms. The summed E-state index contributed by atoms with van der Waals surface area (Å²) in [6.07, 6.45) is 4.97. The van der Waals surface area contributed by atoms with Gasteiger partial charge in [-0.1, -0.05) is 13.0 Å². The number of pyridine rings is 1. The van der Waals surface area contributed by atoms with Gasteiger partial charge in [0.15, 0.2) is 0 Å². The van der Waals surface area contributed by atoms with E-state index in [2.05, 4.69) is 22.9 Å². The van der Waals surface area contributed by atoms with E-state index < -0.39 is 0 Å². The Morgan fingerprint density at radius 1 is 1.58 bits per heavy atom. The third kappa shape index (κ3) is 3.67. The molecule has 4 nitrogen and oxygen atoms in total. The second kappa shape index (κ2) is 6.87. The number of aromatic nitrogens is 1. The highest BCUT2D eigenvalue weighted by Gasteiger charge is 2.25. The SMILES string of the molecule is CCC(N)Cc1cccnc1N1CCC(COC)C1. The summed E-state index contributed by atoms with van der Waals surface area (Å²) < 4.78 is 5.26. The monoisotopic (exact) mass is 263 g/mol. The van der Waals surface area contributed by atoms with Gasteiger partial charge in [-0.25, -0.2) is 4.98 Å². The number of nitrogens with two attached hydrogens (primary N) is 1. The van der Waals surface area contributed by atoms with Gasteiger partial charge in [0.05, 0.1) is 6.61 Å². The molecule has 0 bridgehead atoms. The highest BCUT2D eigenvalue weighted by molar-refractivity contribution is 5.48. The first-order chi connectivity index (χ1) is 9.24. The van der Waals surface area contributed by atoms with Crippen molar-refractivity contribution in [1.82, 2.24) is 4.98 Å². The number of hydrogen-bond donors (Lipinski definition) is 1. The molecule has 1 saturated heterocycles. The maximum atomic E-state index is 6.08. The minimum absolute atomic E-state index is 0.223. The zero-order chi connectivity index (χ0) is 13.7. The second-order valence-corrected chi connectivity index (χ2v) is 5.41. The Hall–Kier alpha value is -1.13. The first-order valence-corrected chi connectivity index (χ1v) is 7.18. The van der Waals surface area contributed by atoms with E-state index in [1.165, 1.54) is 12.0 Å². The highest BCUT2D eigenvalue weighted by atomic mass is 16.5. The van der Waals surface area contributed by atoms with Crippen LogP contribution in [0.15, 0.2) is 18.3 Å². The summed E-state index contributed by atoms with van der Waals surface area (Å²) in [7, 11) is 1.77. The predicted molar refractivity (Wildman–Crippen MR) is 78.4 cm³/mol. The number of nitrogens with zero attached hydrogens (tertiary/aromatic N) is 2. The Morgan fingerprint density at radius 3 is 3.16 bits per heavy atom. The lowest BCUT2D eigenvalue weighted by atomic mass is 10.1. The highest BCUT2D eigenvalue weighted by Crippen LogP contribution is 2.26. The summed E-state index contributed by atoms with van der Waals surface area (Å²) >= 11 is 0. The van der Waals surface area contributed by atoms with Gasteiger partial charge in [-0.15, -0.1) is 0 Å². The van der Waals surface area contributed by atoms with Crippen LogP contribution in [0.5, 0.6) is 0 Å². The van der Waals surface area contributed by atoms with Crippen molar-refractivity contribution in [3.63, 3.8) is 0 Å². The summed E-state index contributed by atoms with van der Waals surface area (Å²) in [5.41, 5.74) is 7.35. The number of rotatable bonds is 6. The van der Waals surface area contributed by atoms with Gasteiger partial charge < -0.3 is 15.4 Å². The van der Waals surface area contributed by atoms with Gasteiger partial charge >= 0.3 is 0 Å². The van der Waals surface area contributed by atoms with Crippen molar-refractivity contribution < 1.29 is 4.74 Å². The molecule has 2 heterocycles. The van der Waals surface area contributed by atoms with Crippen molar-refractivity contribution in [3.8, 4) is 0 Å². The molecule has 2 atom stereocenters. The molecule has 2 N–H and O–H groups in total. The number of anilines is 1. The summed E-state index contributed by atoms with van der Waals surface area (Å²) in [4.78, 5) is 6.95. The van der Waals surface area contributed by atoms with E-state index in [0.29, 0.717) is 5.92 Å². The first kappa shape index (κ1) is 14.3. The minimum Gasteiger partial charge on any atom is -0.384 e. The zero-order valence-electron chi connectivity index (χ0n) is 12.0. The molecule has 0 spiro atoms. The van der Waals surface area contributed by atoms with Gasteiger partial charge in [-0.2, -0.15) is 0 Å². The van der Waals surface area contributed by atoms with E-state index >= 15 is 0 Å². The van der Waals surface area contributed by atoms with Crippen molar-refractivity contribution in [2.24, 2.45) is 11.7 Å². The van der Waals surface area contributed by atoms with Crippen molar-refractivity contribution in [1.29, 1.82) is 0 Å². The standard InChI is InChI=1S/C15H25N3O/c1-3-14(16)9-13-5-4-7-17-15(13)18-8-6-12(10-18)11-19-2/h4-5,7,12,14H,3,6,8-11,16H2,1-2H3. The minimum atomic E-state index is 0.223. The molecular formula is C15H25N3O. The lowest BCUT2D eigenvalue weighted by molar-refractivity contribution is 0.161. The molecule has 1 aromatic heterocycles. The Labute approximate surface area is 116 Å². The second-order valence-electron chi connectivity index (χ2n) is 5.41. The molecule has 0 aliphatic carbocycles. The van der Waals surface area contributed by atoms with Crippen LogP contribution in [0.3, 0.4) is 0 Å². The fraction of sp³-hybridized carbons (Fsp3) is 0.667. The fourth-order valence-corrected chi connectivity index (χ4v) is 2.70. The van der Waals surface area contributed by atoms with Crippen LogP contribution in [0.25, 0.3) is 0 Å². The largest absolute Gasteiger partial charge is 0.384 e. The number of methoxy groups -OCH3 is 1. The molecule has 0 radical (unpaired) electrons. The van der Waals surface area contributed by atoms with Crippen molar-refractivity contribution in [2.45, 2.75) is 32.2 Å². The maximum Gasteiger partial charge on any atom is 0.131 e. The van der Waals surface area contributed by atoms with E-state index in [9.17, 15) is 0 Å². The third-order valence-corrected chi connectivity index (χ3v) is 3.86. The molecule has 1 fully saturated rings. The Kier molecular flexibility index (Phi) is 5.16. The smallest absolute Gasteiger partial charge is 0.131 e. The van der Waals surface area contributed by atoms with Crippen LogP contribution in [0.4, 0.5) is 5.82 Å². The number of ether oxygens (including phenoxy) is 1. The van der Waals surface area contributed by atoms with Crippen molar-refractivity contribution in [3.05, 3.63) is 23.9 Å². The topological polar surface area (TPSA) is 51.4 Å². The van der Waals surface area contributed by atoms with Gasteiger partial charge in [-0.3, -0.25) is 0 Å². The summed E-state index contributed by atoms with van der Waals surface area (Å²) in [5.74, 6) is 1.74. The molecule has 0 saturated carbocycles. The van der Waals surface area contributed by atoms with E-state index in [4.69, 9.17) is 10.5 Å². The molecule has 1 aromatic rings. The van der Waals surface area contributed by atoms with E-state index in [1.807, 2.05) is 12.3 Å². The van der Waals surface area contributed by atoms with Crippen LogP contribution in [-0.4, -0.2) is 37.8 Å². The molecule has 1 aliphatic rings. The predicted octanol–water partition coefficient (Wildman–Crippen LogP) is 1.83. The Bertz CT molecular complexity index is 397. The normalized spacial score (nSPS) is 20.8. The molecule has 1 aliphatic heterocycles. The molecule has 2 unspecified atom stereocenters. The third-order valence-electron chi connectivity index (χ3n) is 3.86. The van der Waals surface area contributed by atoms with E-state index in [1.54, 1.807) is 7.11 Å². The number of hydrogen-bond acceptors (Lipinski definition) is 4. The first-order valence-electron chi connectivity index (χ1n) is 7.18. The Balaban J connectivity index is 2.07. The van der Waals surface area contributed by atoms with Gasteiger partial charge in [0.2, 0.25) is 0 Å². The molecule has 0 aromatic carbocycles. The quantitative estimate of drug-likeness (QED) is 0.851. The molecule has 4 heteroatoms. The Morgan fingerprint density at radius 2 is 2.42 bits per heavy atom. The van der Waals surface area contributed by atoms with Crippen molar-refractivity contribution >= 4 is 5.82 Å². The van der Waals surface area contributed by atoms with Crippen LogP contribution in [0.2, 0.25) is 0 Å². The maximum absolute atomic E-state index is 6.08. The van der Waals surface area contributed by atoms with Gasteiger partial charge in [0.1, 0.15) is 5.82 Å². The molecule has 0 amide bonds. The summed E-state index contributed by atoms with van der Waals surface area (Å²) in [6.45, 7) is 5.08. The lowest BCUT2D eigenvalue weighted by Crippen LogP contribution is -2.26. The molecule has 106 valence electrons. The van der Waals surface area contributed by atoms with Crippen LogP contribution < -0.4 is 10.6 Å². The van der Waals surface area contributed by atoms with E-state index in [0.717, 1.165) is 38.4 Å². The lowest BCUT2D eigenvalue weighted by Gasteiger charge is -2.21. The average molecular weight is 263 g/mol. The van der Waals surface area contributed by atoms with Crippen LogP contribution >= 0.6 is 0 Å². The van der Waals surface area contributed by atoms with Crippen LogP contribution in [0.1, 0.15) is 25.3 Å². The van der Waals surface area contributed by atoms with E-state index in [-0.39, 0.29) is 6.04 Å². The van der Waals surface area contributed by atoms with Gasteiger partial charge in [0, 0.05) is 38.4 Å². The average Bonchev–Trinajstić information content (AvgIpc) is 2.88. The summed E-state index contributed by atoms with van der Waals surface area (Å²) in [6, 6.07) is 4.38. The van der Waals surface area contributed by atoms with Gasteiger partial charge in [0.25, 0.3) is 0 Å². The zero-order valence-corrected chi connectivity index (χ0v) is 12.0. The summed E-state index contributed by atoms with van der Waals surface area (Å²) in [5, 5.41) is 0. The van der Waals surface area contributed by atoms with Crippen molar-refractivity contribution in [2.75, 3.05) is 31.7 Å². The fourth-order valence-electron chi connectivity index (χ4n) is 2.70. The van der Waals surface area contributed by atoms with Crippen LogP contribution in [0, 0.1) is 5.92 Å². The molecule has 2 rings (SSSR count). The molecular weight excluding hydrogens is 238 g/mol. The van der Waals surface area contributed by atoms with Crippen LogP contribution in [-0.2, 0) is 11.2 Å². The van der Waals surface area contributed by atoms with Gasteiger partial charge in [-0.05, 0) is 30.9 Å².